The highest BCUT2D eigenvalue weighted by atomic mass is 32.1. The number of nitrogens with one attached hydrogen (secondary N) is 1. The molecule has 0 unspecified atom stereocenters. The molecule has 1 aliphatic rings. The molecule has 0 aliphatic heterocycles. The van der Waals surface area contributed by atoms with Crippen LogP contribution in [0.1, 0.15) is 37.3 Å². The lowest BCUT2D eigenvalue weighted by Gasteiger charge is -2.25. The van der Waals surface area contributed by atoms with Crippen molar-refractivity contribution in [3.63, 3.8) is 0 Å². The Balaban J connectivity index is 1.84. The fraction of sp³-hybridized carbons (Fsp3) is 0.500. The Kier molecular flexibility index (Phi) is 4.39. The predicted molar refractivity (Wildman–Crippen MR) is 89.1 cm³/mol. The highest BCUT2D eigenvalue weighted by Crippen LogP contribution is 2.34. The highest BCUT2D eigenvalue weighted by Gasteiger charge is 2.31. The summed E-state index contributed by atoms with van der Waals surface area (Å²) >= 11 is 1.76. The maximum Gasteiger partial charge on any atom is 0.224 e. The number of hydrogen-bond acceptors (Lipinski definition) is 5. The summed E-state index contributed by atoms with van der Waals surface area (Å²) in [5.74, 6) is 1.82. The number of aryl methyl sites for hydroxylation is 1. The van der Waals surface area contributed by atoms with Gasteiger partial charge in [0.05, 0.1) is 0 Å². The number of hydrogen-bond donors (Lipinski definition) is 1. The minimum Gasteiger partial charge on any atom is -0.354 e. The molecule has 4 nitrogen and oxygen atoms in total. The second-order valence-corrected chi connectivity index (χ2v) is 6.40. The molecule has 3 rings (SSSR count). The highest BCUT2D eigenvalue weighted by molar-refractivity contribution is 7.07. The minimum atomic E-state index is 0.637. The van der Waals surface area contributed by atoms with Gasteiger partial charge in [-0.2, -0.15) is 16.3 Å². The maximum absolute atomic E-state index is 4.76. The lowest BCUT2D eigenvalue weighted by atomic mass is 10.2. The van der Waals surface area contributed by atoms with Crippen LogP contribution in [0.4, 0.5) is 11.8 Å². The lowest BCUT2D eigenvalue weighted by Crippen LogP contribution is -2.27. The first kappa shape index (κ1) is 14.3. The summed E-state index contributed by atoms with van der Waals surface area (Å²) in [6, 6.07) is 2.84. The Morgan fingerprint density at radius 3 is 2.95 bits per heavy atom. The Hall–Kier alpha value is -1.62. The van der Waals surface area contributed by atoms with Crippen LogP contribution in [0.15, 0.2) is 23.0 Å². The Bertz CT molecular complexity index is 578. The van der Waals surface area contributed by atoms with Gasteiger partial charge in [0.1, 0.15) is 5.82 Å². The summed E-state index contributed by atoms with van der Waals surface area (Å²) < 4.78 is 0. The smallest absolute Gasteiger partial charge is 0.224 e. The molecule has 1 aliphatic carbocycles. The Labute approximate surface area is 130 Å². The molecule has 5 heteroatoms. The molecule has 0 radical (unpaired) electrons. The van der Waals surface area contributed by atoms with Gasteiger partial charge >= 0.3 is 0 Å². The number of thiophene rings is 1. The van der Waals surface area contributed by atoms with Gasteiger partial charge in [0.25, 0.3) is 0 Å². The Morgan fingerprint density at radius 1 is 1.43 bits per heavy atom. The van der Waals surface area contributed by atoms with E-state index in [0.29, 0.717) is 6.04 Å². The van der Waals surface area contributed by atoms with Gasteiger partial charge in [0.2, 0.25) is 5.95 Å². The van der Waals surface area contributed by atoms with E-state index in [1.165, 1.54) is 18.4 Å². The third-order valence-electron chi connectivity index (χ3n) is 3.67. The zero-order chi connectivity index (χ0) is 14.7. The van der Waals surface area contributed by atoms with Crippen molar-refractivity contribution in [2.45, 2.75) is 45.7 Å². The molecule has 0 bridgehead atoms. The van der Waals surface area contributed by atoms with Gasteiger partial charge in [0.15, 0.2) is 0 Å². The molecule has 2 aromatic rings. The van der Waals surface area contributed by atoms with E-state index in [-0.39, 0.29) is 0 Å². The van der Waals surface area contributed by atoms with E-state index in [4.69, 9.17) is 4.98 Å². The number of nitrogens with zero attached hydrogens (tertiary/aromatic N) is 3. The van der Waals surface area contributed by atoms with Crippen molar-refractivity contribution in [1.82, 2.24) is 9.97 Å². The summed E-state index contributed by atoms with van der Waals surface area (Å²) in [5, 5.41) is 7.65. The van der Waals surface area contributed by atoms with Crippen LogP contribution in [0, 0.1) is 6.92 Å². The van der Waals surface area contributed by atoms with Gasteiger partial charge in [-0.3, -0.25) is 0 Å². The molecule has 1 saturated carbocycles. The molecule has 2 aromatic heterocycles. The summed E-state index contributed by atoms with van der Waals surface area (Å²) in [7, 11) is 0. The molecule has 0 saturated heterocycles. The van der Waals surface area contributed by atoms with Crippen molar-refractivity contribution in [3.05, 3.63) is 34.2 Å². The van der Waals surface area contributed by atoms with Gasteiger partial charge in [-0.15, -0.1) is 0 Å². The molecule has 2 heterocycles. The van der Waals surface area contributed by atoms with Crippen LogP contribution in [-0.4, -0.2) is 22.6 Å². The molecule has 1 fully saturated rings. The molecule has 0 aromatic carbocycles. The van der Waals surface area contributed by atoms with Crippen molar-refractivity contribution in [3.8, 4) is 0 Å². The van der Waals surface area contributed by atoms with E-state index in [2.05, 4.69) is 45.9 Å². The van der Waals surface area contributed by atoms with Crippen LogP contribution in [0.2, 0.25) is 0 Å². The zero-order valence-electron chi connectivity index (χ0n) is 12.7. The molecule has 1 N–H and O–H groups in total. The van der Waals surface area contributed by atoms with Crippen molar-refractivity contribution < 1.29 is 0 Å². The lowest BCUT2D eigenvalue weighted by molar-refractivity contribution is 0.772. The first-order chi connectivity index (χ1) is 10.3. The number of aromatic nitrogens is 2. The van der Waals surface area contributed by atoms with Crippen LogP contribution >= 0.6 is 11.3 Å². The van der Waals surface area contributed by atoms with Crippen LogP contribution in [0.5, 0.6) is 0 Å². The Morgan fingerprint density at radius 2 is 2.29 bits per heavy atom. The van der Waals surface area contributed by atoms with Crippen LogP contribution in [-0.2, 0) is 6.54 Å². The summed E-state index contributed by atoms with van der Waals surface area (Å²) in [6.45, 7) is 6.10. The van der Waals surface area contributed by atoms with Crippen molar-refractivity contribution in [2.24, 2.45) is 0 Å². The standard InChI is InChI=1S/C16H22N4S/c1-3-7-17-16-18-9-12(2)15(19-16)20(14-4-5-14)10-13-6-8-21-11-13/h6,8-9,11,14H,3-5,7,10H2,1-2H3,(H,17,18,19). The average molecular weight is 302 g/mol. The summed E-state index contributed by atoms with van der Waals surface area (Å²) in [5.41, 5.74) is 2.52. The van der Waals surface area contributed by atoms with E-state index in [0.717, 1.165) is 36.8 Å². The molecule has 0 spiro atoms. The summed E-state index contributed by atoms with van der Waals surface area (Å²) in [6.07, 6.45) is 5.55. The molecular weight excluding hydrogens is 280 g/mol. The van der Waals surface area contributed by atoms with Gasteiger partial charge < -0.3 is 10.2 Å². The van der Waals surface area contributed by atoms with Gasteiger partial charge in [-0.25, -0.2) is 4.98 Å². The van der Waals surface area contributed by atoms with E-state index in [1.54, 1.807) is 11.3 Å². The normalized spacial score (nSPS) is 14.2. The molecule has 0 amide bonds. The van der Waals surface area contributed by atoms with Crippen LogP contribution < -0.4 is 10.2 Å². The second kappa shape index (κ2) is 6.43. The first-order valence-corrected chi connectivity index (χ1v) is 8.57. The summed E-state index contributed by atoms with van der Waals surface area (Å²) in [4.78, 5) is 11.6. The van der Waals surface area contributed by atoms with Crippen molar-refractivity contribution >= 4 is 23.1 Å². The third kappa shape index (κ3) is 3.53. The number of rotatable bonds is 7. The zero-order valence-corrected chi connectivity index (χ0v) is 13.5. The van der Waals surface area contributed by atoms with Gasteiger partial charge in [-0.05, 0) is 48.6 Å². The largest absolute Gasteiger partial charge is 0.354 e. The fourth-order valence-electron chi connectivity index (χ4n) is 2.39. The van der Waals surface area contributed by atoms with E-state index in [1.807, 2.05) is 6.20 Å². The monoisotopic (exact) mass is 302 g/mol. The van der Waals surface area contributed by atoms with Gasteiger partial charge in [0, 0.05) is 30.9 Å². The predicted octanol–water partition coefficient (Wildman–Crippen LogP) is 3.84. The second-order valence-electron chi connectivity index (χ2n) is 5.62. The molecular formula is C16H22N4S. The first-order valence-electron chi connectivity index (χ1n) is 7.63. The van der Waals surface area contributed by atoms with E-state index in [9.17, 15) is 0 Å². The van der Waals surface area contributed by atoms with Gasteiger partial charge in [-0.1, -0.05) is 6.92 Å². The number of anilines is 2. The average Bonchev–Trinajstić information content (AvgIpc) is 3.21. The van der Waals surface area contributed by atoms with Crippen LogP contribution in [0.3, 0.4) is 0 Å². The topological polar surface area (TPSA) is 41.1 Å². The van der Waals surface area contributed by atoms with E-state index >= 15 is 0 Å². The quantitative estimate of drug-likeness (QED) is 0.844. The SMILES string of the molecule is CCCNc1ncc(C)c(N(Cc2ccsc2)C2CC2)n1. The van der Waals surface area contributed by atoms with Crippen molar-refractivity contribution in [1.29, 1.82) is 0 Å². The minimum absolute atomic E-state index is 0.637. The molecule has 112 valence electrons. The fourth-order valence-corrected chi connectivity index (χ4v) is 3.05. The third-order valence-corrected chi connectivity index (χ3v) is 4.40. The van der Waals surface area contributed by atoms with Crippen LogP contribution in [0.25, 0.3) is 0 Å². The van der Waals surface area contributed by atoms with E-state index < -0.39 is 0 Å². The molecule has 21 heavy (non-hydrogen) atoms. The van der Waals surface area contributed by atoms with Crippen molar-refractivity contribution in [2.75, 3.05) is 16.8 Å². The molecule has 0 atom stereocenters. The maximum atomic E-state index is 4.76.